The summed E-state index contributed by atoms with van der Waals surface area (Å²) in [5.74, 6) is 0.332. The number of piperidine rings is 1. The summed E-state index contributed by atoms with van der Waals surface area (Å²) in [6.45, 7) is 0.594. The minimum absolute atomic E-state index is 0.0838. The average molecular weight is 503 g/mol. The van der Waals surface area contributed by atoms with Crippen molar-refractivity contribution in [2.24, 2.45) is 0 Å². The molecule has 2 aromatic carbocycles. The van der Waals surface area contributed by atoms with Crippen LogP contribution in [0, 0.1) is 0 Å². The number of alkyl halides is 3. The van der Waals surface area contributed by atoms with Gasteiger partial charge in [0.1, 0.15) is 11.3 Å². The second-order valence-electron chi connectivity index (χ2n) is 8.32. The monoisotopic (exact) mass is 502 g/mol. The van der Waals surface area contributed by atoms with Gasteiger partial charge in [-0.3, -0.25) is 5.10 Å². The first-order valence-electron chi connectivity index (χ1n) is 10.9. The minimum Gasteiger partial charge on any atom is -0.367 e. The first kappa shape index (κ1) is 23.2. The molecule has 35 heavy (non-hydrogen) atoms. The molecule has 1 aliphatic rings. The van der Waals surface area contributed by atoms with Crippen molar-refractivity contribution in [3.63, 3.8) is 0 Å². The number of hydrogen-bond acceptors (Lipinski definition) is 6. The number of hydrogen-bond donors (Lipinski definition) is 2. The molecule has 0 saturated carbocycles. The molecule has 0 amide bonds. The lowest BCUT2D eigenvalue weighted by Gasteiger charge is -2.32. The van der Waals surface area contributed by atoms with E-state index in [1.54, 1.807) is 24.3 Å². The van der Waals surface area contributed by atoms with E-state index < -0.39 is 21.8 Å². The summed E-state index contributed by atoms with van der Waals surface area (Å²) >= 11 is 0. The standard InChI is InChI=1S/C23H21F3N6O2S/c24-23(25,26)17-4-8-22(27-14-17)28-18-9-11-32(12-10-18)35(33,34)19-5-1-15(2-6-19)16-3-7-20-21(13-16)30-31-29-20/h1-8,13-14,18H,9-12H2,(H,27,28)(H,29,30,31). The summed E-state index contributed by atoms with van der Waals surface area (Å²) < 4.78 is 65.8. The van der Waals surface area contributed by atoms with Gasteiger partial charge in [-0.05, 0) is 60.4 Å². The largest absolute Gasteiger partial charge is 0.417 e. The van der Waals surface area contributed by atoms with Gasteiger partial charge in [-0.1, -0.05) is 23.4 Å². The van der Waals surface area contributed by atoms with E-state index in [2.05, 4.69) is 25.7 Å². The van der Waals surface area contributed by atoms with Crippen molar-refractivity contribution < 1.29 is 21.6 Å². The Kier molecular flexibility index (Phi) is 5.93. The normalized spacial score (nSPS) is 16.0. The van der Waals surface area contributed by atoms with Crippen LogP contribution in [0.15, 0.2) is 65.7 Å². The predicted octanol–water partition coefficient (Wildman–Crippen LogP) is 4.30. The van der Waals surface area contributed by atoms with E-state index in [0.717, 1.165) is 34.4 Å². The predicted molar refractivity (Wildman–Crippen MR) is 124 cm³/mol. The van der Waals surface area contributed by atoms with E-state index in [4.69, 9.17) is 0 Å². The fraction of sp³-hybridized carbons (Fsp3) is 0.261. The summed E-state index contributed by atoms with van der Waals surface area (Å²) in [5.41, 5.74) is 2.50. The van der Waals surface area contributed by atoms with Crippen LogP contribution < -0.4 is 5.32 Å². The van der Waals surface area contributed by atoms with E-state index in [1.165, 1.54) is 10.4 Å². The van der Waals surface area contributed by atoms with Crippen LogP contribution in [0.4, 0.5) is 19.0 Å². The number of sulfonamides is 1. The molecule has 1 fully saturated rings. The number of benzene rings is 2. The molecule has 0 spiro atoms. The van der Waals surface area contributed by atoms with Gasteiger partial charge in [-0.25, -0.2) is 13.4 Å². The first-order valence-corrected chi connectivity index (χ1v) is 12.4. The van der Waals surface area contributed by atoms with Crippen molar-refractivity contribution in [3.8, 4) is 11.1 Å². The number of rotatable bonds is 5. The van der Waals surface area contributed by atoms with Gasteiger partial charge in [0.15, 0.2) is 0 Å². The average Bonchev–Trinajstić information content (AvgIpc) is 3.32. The highest BCUT2D eigenvalue weighted by Crippen LogP contribution is 2.30. The Morgan fingerprint density at radius 1 is 0.971 bits per heavy atom. The van der Waals surface area contributed by atoms with Crippen molar-refractivity contribution >= 4 is 26.9 Å². The molecule has 2 aromatic heterocycles. The summed E-state index contributed by atoms with van der Waals surface area (Å²) in [6.07, 6.45) is -2.63. The number of fused-ring (bicyclic) bond motifs is 1. The highest BCUT2D eigenvalue weighted by Gasteiger charge is 2.32. The Morgan fingerprint density at radius 2 is 1.69 bits per heavy atom. The van der Waals surface area contributed by atoms with Crippen molar-refractivity contribution in [1.82, 2.24) is 24.7 Å². The number of anilines is 1. The van der Waals surface area contributed by atoms with E-state index in [9.17, 15) is 21.6 Å². The molecule has 182 valence electrons. The highest BCUT2D eigenvalue weighted by molar-refractivity contribution is 7.89. The highest BCUT2D eigenvalue weighted by atomic mass is 32.2. The maximum absolute atomic E-state index is 13.1. The van der Waals surface area contributed by atoms with Gasteiger partial charge >= 0.3 is 6.18 Å². The van der Waals surface area contributed by atoms with Gasteiger partial charge < -0.3 is 5.32 Å². The molecule has 0 atom stereocenters. The van der Waals surface area contributed by atoms with Crippen LogP contribution >= 0.6 is 0 Å². The topological polar surface area (TPSA) is 104 Å². The number of aromatic amines is 1. The molecule has 8 nitrogen and oxygen atoms in total. The maximum Gasteiger partial charge on any atom is 0.417 e. The molecule has 5 rings (SSSR count). The summed E-state index contributed by atoms with van der Waals surface area (Å²) in [7, 11) is -3.67. The van der Waals surface area contributed by atoms with Crippen LogP contribution in [0.2, 0.25) is 0 Å². The lowest BCUT2D eigenvalue weighted by atomic mass is 10.1. The summed E-state index contributed by atoms with van der Waals surface area (Å²) in [6, 6.07) is 14.5. The van der Waals surface area contributed by atoms with E-state index >= 15 is 0 Å². The van der Waals surface area contributed by atoms with Gasteiger partial charge in [-0.15, -0.1) is 5.10 Å². The number of H-pyrrole nitrogens is 1. The summed E-state index contributed by atoms with van der Waals surface area (Å²) in [4.78, 5) is 4.04. The van der Waals surface area contributed by atoms with Crippen LogP contribution in [0.1, 0.15) is 18.4 Å². The molecule has 1 aliphatic heterocycles. The van der Waals surface area contributed by atoms with Crippen LogP contribution in [0.5, 0.6) is 0 Å². The SMILES string of the molecule is O=S(=O)(c1ccc(-c2ccc3[nH]nnc3c2)cc1)N1CCC(Nc2ccc(C(F)(F)F)cn2)CC1. The lowest BCUT2D eigenvalue weighted by Crippen LogP contribution is -2.42. The third kappa shape index (κ3) is 4.84. The molecule has 0 radical (unpaired) electrons. The second-order valence-corrected chi connectivity index (χ2v) is 10.3. The molecule has 12 heteroatoms. The fourth-order valence-electron chi connectivity index (χ4n) is 4.09. The zero-order valence-electron chi connectivity index (χ0n) is 18.3. The zero-order valence-corrected chi connectivity index (χ0v) is 19.1. The smallest absolute Gasteiger partial charge is 0.367 e. The van der Waals surface area contributed by atoms with E-state index in [0.29, 0.717) is 31.7 Å². The first-order chi connectivity index (χ1) is 16.7. The third-order valence-corrected chi connectivity index (χ3v) is 7.96. The number of aromatic nitrogens is 4. The third-order valence-electron chi connectivity index (χ3n) is 6.05. The Bertz CT molecular complexity index is 1430. The molecular formula is C23H21F3N6O2S. The zero-order chi connectivity index (χ0) is 24.6. The molecule has 0 aliphatic carbocycles. The van der Waals surface area contributed by atoms with E-state index in [-0.39, 0.29) is 10.9 Å². The Labute approximate surface area is 199 Å². The van der Waals surface area contributed by atoms with Gasteiger partial charge in [0, 0.05) is 25.3 Å². The quantitative estimate of drug-likeness (QED) is 0.422. The van der Waals surface area contributed by atoms with E-state index in [1.807, 2.05) is 18.2 Å². The Hall–Kier alpha value is -3.51. The van der Waals surface area contributed by atoms with Crippen molar-refractivity contribution in [2.75, 3.05) is 18.4 Å². The van der Waals surface area contributed by atoms with Crippen LogP contribution in [-0.2, 0) is 16.2 Å². The number of nitrogens with zero attached hydrogens (tertiary/aromatic N) is 4. The van der Waals surface area contributed by atoms with Gasteiger partial charge in [0.05, 0.1) is 16.0 Å². The summed E-state index contributed by atoms with van der Waals surface area (Å²) in [5, 5.41) is 13.7. The van der Waals surface area contributed by atoms with Gasteiger partial charge in [0.25, 0.3) is 0 Å². The van der Waals surface area contributed by atoms with Crippen LogP contribution in [-0.4, -0.2) is 52.2 Å². The molecule has 0 unspecified atom stereocenters. The van der Waals surface area contributed by atoms with Crippen molar-refractivity contribution in [3.05, 3.63) is 66.4 Å². The maximum atomic E-state index is 13.1. The van der Waals surface area contributed by atoms with Crippen LogP contribution in [0.3, 0.4) is 0 Å². The van der Waals surface area contributed by atoms with Crippen molar-refractivity contribution in [1.29, 1.82) is 0 Å². The van der Waals surface area contributed by atoms with Gasteiger partial charge in [0.2, 0.25) is 10.0 Å². The molecule has 1 saturated heterocycles. The number of nitrogens with one attached hydrogen (secondary N) is 2. The number of pyridine rings is 1. The molecule has 2 N–H and O–H groups in total. The van der Waals surface area contributed by atoms with Crippen LogP contribution in [0.25, 0.3) is 22.2 Å². The molecular weight excluding hydrogens is 481 g/mol. The molecule has 4 aromatic rings. The Balaban J connectivity index is 1.22. The lowest BCUT2D eigenvalue weighted by molar-refractivity contribution is -0.137. The minimum atomic E-state index is -4.44. The second kappa shape index (κ2) is 8.93. The number of halogens is 3. The molecule has 0 bridgehead atoms. The molecule has 3 heterocycles. The Morgan fingerprint density at radius 3 is 2.34 bits per heavy atom. The van der Waals surface area contributed by atoms with Crippen molar-refractivity contribution in [2.45, 2.75) is 30.0 Å². The fourth-order valence-corrected chi connectivity index (χ4v) is 5.56. The van der Waals surface area contributed by atoms with Gasteiger partial charge in [-0.2, -0.15) is 17.5 Å².